The summed E-state index contributed by atoms with van der Waals surface area (Å²) in [6.07, 6.45) is 0.462. The maximum absolute atomic E-state index is 11.8. The Morgan fingerprint density at radius 3 is 1.96 bits per heavy atom. The molecule has 0 aliphatic carbocycles. The van der Waals surface area contributed by atoms with Crippen LogP contribution in [-0.4, -0.2) is 22.2 Å². The third-order valence-electron chi connectivity index (χ3n) is 4.57. The lowest BCUT2D eigenvalue weighted by Gasteiger charge is -2.33. The van der Waals surface area contributed by atoms with E-state index in [9.17, 15) is 19.8 Å². The second-order valence-corrected chi connectivity index (χ2v) is 7.74. The van der Waals surface area contributed by atoms with Crippen molar-refractivity contribution in [3.8, 4) is 0 Å². The molecule has 0 aliphatic rings. The first-order valence-electron chi connectivity index (χ1n) is 7.79. The van der Waals surface area contributed by atoms with Crippen LogP contribution in [0.3, 0.4) is 0 Å². The van der Waals surface area contributed by atoms with Crippen molar-refractivity contribution in [1.29, 1.82) is 0 Å². The number of carboxylic acid groups (broad SMARTS) is 2. The van der Waals surface area contributed by atoms with Crippen molar-refractivity contribution in [3.63, 3.8) is 0 Å². The lowest BCUT2D eigenvalue weighted by molar-refractivity contribution is -0.167. The summed E-state index contributed by atoms with van der Waals surface area (Å²) in [4.78, 5) is 23.6. The summed E-state index contributed by atoms with van der Waals surface area (Å²) in [6, 6.07) is 5.77. The van der Waals surface area contributed by atoms with Gasteiger partial charge in [-0.15, -0.1) is 0 Å². The number of hydrogen-bond acceptors (Lipinski definition) is 2. The van der Waals surface area contributed by atoms with E-state index < -0.39 is 23.3 Å². The van der Waals surface area contributed by atoms with E-state index in [1.54, 1.807) is 6.92 Å². The minimum Gasteiger partial charge on any atom is -0.480 e. The van der Waals surface area contributed by atoms with Gasteiger partial charge in [0.1, 0.15) is 0 Å². The average molecular weight is 385 g/mol. The first-order valence-corrected chi connectivity index (χ1v) is 8.58. The summed E-state index contributed by atoms with van der Waals surface area (Å²) in [5.74, 6) is -3.18. The molecule has 0 saturated carbocycles. The van der Waals surface area contributed by atoms with E-state index in [2.05, 4.69) is 36.7 Å². The Bertz CT molecular complexity index is 588. The number of rotatable bonds is 6. The highest BCUT2D eigenvalue weighted by Gasteiger charge is 2.51. The highest BCUT2D eigenvalue weighted by atomic mass is 79.9. The van der Waals surface area contributed by atoms with Gasteiger partial charge in [0.25, 0.3) is 0 Å². The molecule has 128 valence electrons. The second kappa shape index (κ2) is 7.04. The van der Waals surface area contributed by atoms with Gasteiger partial charge in [0, 0.05) is 10.4 Å². The predicted octanol–water partition coefficient (Wildman–Crippen LogP) is 4.81. The third kappa shape index (κ3) is 3.60. The largest absolute Gasteiger partial charge is 0.480 e. The van der Waals surface area contributed by atoms with Crippen molar-refractivity contribution in [1.82, 2.24) is 0 Å². The van der Waals surface area contributed by atoms with Gasteiger partial charge in [-0.05, 0) is 35.4 Å². The van der Waals surface area contributed by atoms with E-state index in [0.29, 0.717) is 6.42 Å². The van der Waals surface area contributed by atoms with Gasteiger partial charge in [-0.3, -0.25) is 9.59 Å². The molecule has 0 aliphatic heterocycles. The van der Waals surface area contributed by atoms with Crippen LogP contribution in [0.25, 0.3) is 0 Å². The molecule has 0 bridgehead atoms. The zero-order chi connectivity index (χ0) is 18.0. The Morgan fingerprint density at radius 1 is 1.13 bits per heavy atom. The van der Waals surface area contributed by atoms with Gasteiger partial charge in [0.15, 0.2) is 5.41 Å². The SMILES string of the molecule is CCC(c1ccc(C(C)(C)C)cc1Br)C(CC)(C(=O)O)C(=O)O. The van der Waals surface area contributed by atoms with Gasteiger partial charge < -0.3 is 10.2 Å². The molecule has 4 nitrogen and oxygen atoms in total. The van der Waals surface area contributed by atoms with E-state index in [4.69, 9.17) is 0 Å². The fourth-order valence-electron chi connectivity index (χ4n) is 3.05. The lowest BCUT2D eigenvalue weighted by Crippen LogP contribution is -2.44. The van der Waals surface area contributed by atoms with Gasteiger partial charge in [-0.1, -0.05) is 62.7 Å². The van der Waals surface area contributed by atoms with Crippen LogP contribution in [0.15, 0.2) is 22.7 Å². The molecular formula is C18H25BrO4. The molecule has 0 fully saturated rings. The Labute approximate surface area is 146 Å². The molecular weight excluding hydrogens is 360 g/mol. The summed E-state index contributed by atoms with van der Waals surface area (Å²) in [5, 5.41) is 19.3. The van der Waals surface area contributed by atoms with E-state index in [0.717, 1.165) is 15.6 Å². The third-order valence-corrected chi connectivity index (χ3v) is 5.25. The number of benzene rings is 1. The molecule has 0 saturated heterocycles. The van der Waals surface area contributed by atoms with E-state index >= 15 is 0 Å². The maximum Gasteiger partial charge on any atom is 0.321 e. The zero-order valence-corrected chi connectivity index (χ0v) is 15.9. The molecule has 0 radical (unpaired) electrons. The van der Waals surface area contributed by atoms with Crippen molar-refractivity contribution < 1.29 is 19.8 Å². The Morgan fingerprint density at radius 2 is 1.65 bits per heavy atom. The van der Waals surface area contributed by atoms with Crippen LogP contribution in [0.2, 0.25) is 0 Å². The van der Waals surface area contributed by atoms with Crippen LogP contribution in [-0.2, 0) is 15.0 Å². The smallest absolute Gasteiger partial charge is 0.321 e. The minimum absolute atomic E-state index is 0.0314. The van der Waals surface area contributed by atoms with Gasteiger partial charge in [0.05, 0.1) is 0 Å². The van der Waals surface area contributed by atoms with Crippen LogP contribution in [0.5, 0.6) is 0 Å². The van der Waals surface area contributed by atoms with Gasteiger partial charge in [-0.25, -0.2) is 0 Å². The predicted molar refractivity (Wildman–Crippen MR) is 93.9 cm³/mol. The Hall–Kier alpha value is -1.36. The molecule has 1 rings (SSSR count). The first kappa shape index (κ1) is 19.7. The van der Waals surface area contributed by atoms with Crippen LogP contribution in [0, 0.1) is 5.41 Å². The van der Waals surface area contributed by atoms with Crippen molar-refractivity contribution in [2.24, 2.45) is 5.41 Å². The lowest BCUT2D eigenvalue weighted by atomic mass is 9.68. The molecule has 0 aromatic heterocycles. The van der Waals surface area contributed by atoms with E-state index in [-0.39, 0.29) is 11.8 Å². The van der Waals surface area contributed by atoms with Crippen molar-refractivity contribution in [3.05, 3.63) is 33.8 Å². The fraction of sp³-hybridized carbons (Fsp3) is 0.556. The molecule has 1 unspecified atom stereocenters. The Kier molecular flexibility index (Phi) is 6.02. The van der Waals surface area contributed by atoms with Crippen LogP contribution in [0.1, 0.15) is 64.5 Å². The zero-order valence-electron chi connectivity index (χ0n) is 14.3. The summed E-state index contributed by atoms with van der Waals surface area (Å²) >= 11 is 3.52. The molecule has 0 spiro atoms. The number of hydrogen-bond donors (Lipinski definition) is 2. The summed E-state index contributed by atoms with van der Waals surface area (Å²) in [7, 11) is 0. The van der Waals surface area contributed by atoms with E-state index in [1.165, 1.54) is 0 Å². The van der Waals surface area contributed by atoms with Crippen LogP contribution >= 0.6 is 15.9 Å². The van der Waals surface area contributed by atoms with Gasteiger partial charge in [-0.2, -0.15) is 0 Å². The molecule has 5 heteroatoms. The minimum atomic E-state index is -1.82. The number of aliphatic carboxylic acids is 2. The molecule has 0 amide bonds. The molecule has 1 atom stereocenters. The molecule has 1 aromatic rings. The quantitative estimate of drug-likeness (QED) is 0.690. The monoisotopic (exact) mass is 384 g/mol. The number of carboxylic acids is 2. The Balaban J connectivity index is 3.51. The highest BCUT2D eigenvalue weighted by Crippen LogP contribution is 2.45. The fourth-order valence-corrected chi connectivity index (χ4v) is 3.70. The van der Waals surface area contributed by atoms with Crippen molar-refractivity contribution >= 4 is 27.9 Å². The molecule has 23 heavy (non-hydrogen) atoms. The first-order chi connectivity index (χ1) is 10.5. The average Bonchev–Trinajstić information content (AvgIpc) is 2.43. The molecule has 2 N–H and O–H groups in total. The number of carbonyl (C=O) groups is 2. The van der Waals surface area contributed by atoms with Gasteiger partial charge in [0.2, 0.25) is 0 Å². The van der Waals surface area contributed by atoms with Crippen molar-refractivity contribution in [2.75, 3.05) is 0 Å². The van der Waals surface area contributed by atoms with E-state index in [1.807, 2.05) is 25.1 Å². The molecule has 1 aromatic carbocycles. The summed E-state index contributed by atoms with van der Waals surface area (Å²) in [6.45, 7) is 9.72. The second-order valence-electron chi connectivity index (χ2n) is 6.88. The highest BCUT2D eigenvalue weighted by molar-refractivity contribution is 9.10. The van der Waals surface area contributed by atoms with Gasteiger partial charge >= 0.3 is 11.9 Å². The number of halogens is 1. The normalized spacial score (nSPS) is 13.7. The summed E-state index contributed by atoms with van der Waals surface area (Å²) < 4.78 is 0.761. The molecule has 0 heterocycles. The summed E-state index contributed by atoms with van der Waals surface area (Å²) in [5.41, 5.74) is -0.0204. The van der Waals surface area contributed by atoms with Crippen LogP contribution in [0.4, 0.5) is 0 Å². The topological polar surface area (TPSA) is 74.6 Å². The van der Waals surface area contributed by atoms with Crippen LogP contribution < -0.4 is 0 Å². The van der Waals surface area contributed by atoms with Crippen molar-refractivity contribution in [2.45, 2.75) is 58.8 Å². The maximum atomic E-state index is 11.8. The standard InChI is InChI=1S/C18H25BrO4/c1-6-13(18(7-2,15(20)21)16(22)23)12-9-8-11(10-14(12)19)17(3,4)5/h8-10,13H,6-7H2,1-5H3,(H,20,21)(H,22,23).